The van der Waals surface area contributed by atoms with Gasteiger partial charge in [-0.15, -0.1) is 0 Å². The van der Waals surface area contributed by atoms with Crippen LogP contribution in [0.3, 0.4) is 0 Å². The highest BCUT2D eigenvalue weighted by Crippen LogP contribution is 2.48. The molecule has 0 radical (unpaired) electrons. The van der Waals surface area contributed by atoms with Gasteiger partial charge in [-0.3, -0.25) is 0 Å². The zero-order chi connectivity index (χ0) is 26.2. The summed E-state index contributed by atoms with van der Waals surface area (Å²) in [4.78, 5) is 0. The summed E-state index contributed by atoms with van der Waals surface area (Å²) >= 11 is 0. The average molecular weight is 505 g/mol. The molecular formula is C40H24. The fraction of sp³-hybridized carbons (Fsp3) is 0. The highest BCUT2D eigenvalue weighted by molar-refractivity contribution is 6.36. The Balaban J connectivity index is 1.53. The van der Waals surface area contributed by atoms with E-state index in [0.29, 0.717) is 0 Å². The predicted molar refractivity (Wildman–Crippen MR) is 174 cm³/mol. The number of benzene rings is 9. The summed E-state index contributed by atoms with van der Waals surface area (Å²) < 4.78 is 0. The molecule has 0 atom stereocenters. The number of rotatable bonds is 2. The Bertz CT molecular complexity index is 2420. The fourth-order valence-electron chi connectivity index (χ4n) is 6.95. The maximum Gasteiger partial charge on any atom is -0.000785 e. The monoisotopic (exact) mass is 504 g/mol. The molecule has 0 bridgehead atoms. The van der Waals surface area contributed by atoms with Crippen molar-refractivity contribution >= 4 is 64.6 Å². The molecule has 0 unspecified atom stereocenters. The largest absolute Gasteiger partial charge is 0.0616 e. The van der Waals surface area contributed by atoms with E-state index in [0.717, 1.165) is 0 Å². The van der Waals surface area contributed by atoms with Crippen LogP contribution in [-0.2, 0) is 0 Å². The van der Waals surface area contributed by atoms with Crippen molar-refractivity contribution < 1.29 is 0 Å². The molecule has 0 amide bonds. The van der Waals surface area contributed by atoms with E-state index in [-0.39, 0.29) is 0 Å². The Morgan fingerprint density at radius 3 is 1.50 bits per heavy atom. The fourth-order valence-corrected chi connectivity index (χ4v) is 6.95. The smallest absolute Gasteiger partial charge is 0.000785 e. The van der Waals surface area contributed by atoms with Crippen LogP contribution in [0.15, 0.2) is 146 Å². The van der Waals surface area contributed by atoms with Crippen molar-refractivity contribution in [1.82, 2.24) is 0 Å². The van der Waals surface area contributed by atoms with E-state index in [1.165, 1.54) is 86.9 Å². The molecule has 9 aromatic rings. The lowest BCUT2D eigenvalue weighted by atomic mass is 9.82. The maximum atomic E-state index is 2.42. The average Bonchev–Trinajstić information content (AvgIpc) is 3.02. The topological polar surface area (TPSA) is 0 Å². The summed E-state index contributed by atoms with van der Waals surface area (Å²) in [5, 5.41) is 15.6. The molecule has 0 spiro atoms. The number of hydrogen-bond acceptors (Lipinski definition) is 0. The third-order valence-corrected chi connectivity index (χ3v) is 8.73. The predicted octanol–water partition coefficient (Wildman–Crippen LogP) is 11.4. The number of hydrogen-bond donors (Lipinski definition) is 0. The van der Waals surface area contributed by atoms with E-state index in [4.69, 9.17) is 0 Å². The maximum absolute atomic E-state index is 2.42. The summed E-state index contributed by atoms with van der Waals surface area (Å²) in [6, 6.07) is 53.9. The van der Waals surface area contributed by atoms with Gasteiger partial charge in [-0.05, 0) is 105 Å². The summed E-state index contributed by atoms with van der Waals surface area (Å²) in [5.74, 6) is 0. The minimum Gasteiger partial charge on any atom is -0.0616 e. The van der Waals surface area contributed by atoms with Crippen LogP contribution < -0.4 is 0 Å². The van der Waals surface area contributed by atoms with Crippen LogP contribution in [0.5, 0.6) is 0 Å². The van der Waals surface area contributed by atoms with Gasteiger partial charge in [0.25, 0.3) is 0 Å². The summed E-state index contributed by atoms with van der Waals surface area (Å²) in [7, 11) is 0. The molecule has 9 aromatic carbocycles. The van der Waals surface area contributed by atoms with Crippen molar-refractivity contribution in [2.75, 3.05) is 0 Å². The molecule has 0 saturated heterocycles. The van der Waals surface area contributed by atoms with Crippen molar-refractivity contribution in [3.63, 3.8) is 0 Å². The van der Waals surface area contributed by atoms with Gasteiger partial charge in [0.15, 0.2) is 0 Å². The van der Waals surface area contributed by atoms with Crippen LogP contribution in [-0.4, -0.2) is 0 Å². The molecule has 0 fully saturated rings. The van der Waals surface area contributed by atoms with Crippen LogP contribution in [0.25, 0.3) is 86.9 Å². The van der Waals surface area contributed by atoms with Crippen molar-refractivity contribution in [3.05, 3.63) is 146 Å². The molecule has 0 aliphatic carbocycles. The van der Waals surface area contributed by atoms with Crippen molar-refractivity contribution in [3.8, 4) is 22.3 Å². The van der Waals surface area contributed by atoms with Crippen molar-refractivity contribution in [2.24, 2.45) is 0 Å². The van der Waals surface area contributed by atoms with Crippen LogP contribution in [0.4, 0.5) is 0 Å². The zero-order valence-electron chi connectivity index (χ0n) is 21.9. The molecule has 9 rings (SSSR count). The minimum absolute atomic E-state index is 1.25. The highest BCUT2D eigenvalue weighted by atomic mass is 14.2. The van der Waals surface area contributed by atoms with Gasteiger partial charge in [-0.2, -0.15) is 0 Å². The lowest BCUT2D eigenvalue weighted by molar-refractivity contribution is 1.66. The Labute approximate surface area is 232 Å². The molecule has 0 heteroatoms. The van der Waals surface area contributed by atoms with Crippen LogP contribution in [0.2, 0.25) is 0 Å². The zero-order valence-corrected chi connectivity index (χ0v) is 21.9. The Morgan fingerprint density at radius 2 is 0.800 bits per heavy atom. The van der Waals surface area contributed by atoms with E-state index in [1.54, 1.807) is 0 Å². The van der Waals surface area contributed by atoms with Gasteiger partial charge in [0, 0.05) is 0 Å². The van der Waals surface area contributed by atoms with Gasteiger partial charge in [0.1, 0.15) is 0 Å². The first-order valence-corrected chi connectivity index (χ1v) is 13.9. The van der Waals surface area contributed by atoms with Gasteiger partial charge in [-0.25, -0.2) is 0 Å². The Morgan fingerprint density at radius 1 is 0.275 bits per heavy atom. The van der Waals surface area contributed by atoms with Crippen LogP contribution in [0.1, 0.15) is 0 Å². The first-order chi connectivity index (χ1) is 19.8. The molecule has 0 aliphatic rings. The second kappa shape index (κ2) is 8.15. The summed E-state index contributed by atoms with van der Waals surface area (Å²) in [5.41, 5.74) is 5.08. The first kappa shape index (κ1) is 21.7. The van der Waals surface area contributed by atoms with Crippen LogP contribution >= 0.6 is 0 Å². The lowest BCUT2D eigenvalue weighted by Gasteiger charge is -2.21. The van der Waals surface area contributed by atoms with Crippen molar-refractivity contribution in [2.45, 2.75) is 0 Å². The Hall–Kier alpha value is -5.20. The molecule has 0 saturated carbocycles. The van der Waals surface area contributed by atoms with Crippen LogP contribution in [0, 0.1) is 0 Å². The normalized spacial score (nSPS) is 12.0. The summed E-state index contributed by atoms with van der Waals surface area (Å²) in [6.07, 6.45) is 0. The van der Waals surface area contributed by atoms with Gasteiger partial charge in [0.05, 0.1) is 0 Å². The molecular weight excluding hydrogens is 480 g/mol. The van der Waals surface area contributed by atoms with Gasteiger partial charge >= 0.3 is 0 Å². The molecule has 0 nitrogen and oxygen atoms in total. The quantitative estimate of drug-likeness (QED) is 0.162. The van der Waals surface area contributed by atoms with Gasteiger partial charge < -0.3 is 0 Å². The van der Waals surface area contributed by atoms with E-state index in [1.807, 2.05) is 0 Å². The molecule has 0 aromatic heterocycles. The summed E-state index contributed by atoms with van der Waals surface area (Å²) in [6.45, 7) is 0. The first-order valence-electron chi connectivity index (χ1n) is 13.9. The molecule has 40 heavy (non-hydrogen) atoms. The standard InChI is InChI=1S/C40H24/c1-3-10-28-22-30(20-18-25(28)8-1)36-24-31-14-7-16-34-33-15-5-12-27-13-6-17-35(37(27)33)40(38(31)34)39(36)32-21-19-26-9-2-4-11-29(26)23-32/h1-24H. The second-order valence-corrected chi connectivity index (χ2v) is 10.9. The molecule has 0 heterocycles. The third kappa shape index (κ3) is 3.02. The SMILES string of the molecule is c1ccc2cc(-c3cc4cccc5c6cccc7cccc(c(c3-c3ccc8ccccc8c3)c45)c76)ccc2c1. The third-order valence-electron chi connectivity index (χ3n) is 8.73. The van der Waals surface area contributed by atoms with E-state index in [9.17, 15) is 0 Å². The lowest BCUT2D eigenvalue weighted by Crippen LogP contribution is -1.93. The van der Waals surface area contributed by atoms with E-state index in [2.05, 4.69) is 146 Å². The minimum atomic E-state index is 1.25. The van der Waals surface area contributed by atoms with E-state index < -0.39 is 0 Å². The molecule has 184 valence electrons. The number of fused-ring (bicyclic) bond motifs is 4. The highest BCUT2D eigenvalue weighted by Gasteiger charge is 2.20. The van der Waals surface area contributed by atoms with Gasteiger partial charge in [0.2, 0.25) is 0 Å². The van der Waals surface area contributed by atoms with Crippen molar-refractivity contribution in [1.29, 1.82) is 0 Å². The molecule has 0 aliphatic heterocycles. The van der Waals surface area contributed by atoms with Gasteiger partial charge in [-0.1, -0.05) is 127 Å². The second-order valence-electron chi connectivity index (χ2n) is 10.9. The van der Waals surface area contributed by atoms with E-state index >= 15 is 0 Å². The molecule has 0 N–H and O–H groups in total. The Kier molecular flexibility index (Phi) is 4.42.